The summed E-state index contributed by atoms with van der Waals surface area (Å²) in [7, 11) is -2.95. The van der Waals surface area contributed by atoms with Gasteiger partial charge in [-0.2, -0.15) is 0 Å². The van der Waals surface area contributed by atoms with Crippen molar-refractivity contribution in [1.29, 1.82) is 0 Å². The predicted molar refractivity (Wildman–Crippen MR) is 90.4 cm³/mol. The second-order valence-corrected chi connectivity index (χ2v) is 10.1. The van der Waals surface area contributed by atoms with Crippen LogP contribution in [-0.4, -0.2) is 8.57 Å². The summed E-state index contributed by atoms with van der Waals surface area (Å²) in [6.07, 6.45) is 0. The van der Waals surface area contributed by atoms with Crippen molar-refractivity contribution in [1.82, 2.24) is 0 Å². The van der Waals surface area contributed by atoms with Gasteiger partial charge >= 0.3 is 8.57 Å². The van der Waals surface area contributed by atoms with E-state index >= 15 is 4.11 Å². The van der Waals surface area contributed by atoms with E-state index in [1.54, 1.807) is 0 Å². The van der Waals surface area contributed by atoms with Gasteiger partial charge in [0, 0.05) is 5.69 Å². The molecule has 3 heteroatoms. The zero-order valence-electron chi connectivity index (χ0n) is 14.1. The molecule has 1 aromatic rings. The molecule has 1 N–H and O–H groups in total. The van der Waals surface area contributed by atoms with E-state index in [0.29, 0.717) is 23.9 Å². The monoisotopic (exact) mass is 295 g/mol. The first-order valence-electron chi connectivity index (χ1n) is 7.68. The third-order valence-electron chi connectivity index (χ3n) is 3.49. The molecule has 0 aliphatic rings. The van der Waals surface area contributed by atoms with Gasteiger partial charge < -0.3 is 4.98 Å². The Morgan fingerprint density at radius 1 is 0.950 bits per heavy atom. The SMILES string of the molecule is Cc1cc(C)c(N[Si](F)(CC(C)C)CC(C)C)c(C)c1. The van der Waals surface area contributed by atoms with Gasteiger partial charge in [-0.25, -0.2) is 0 Å². The van der Waals surface area contributed by atoms with E-state index in [1.165, 1.54) is 5.56 Å². The number of hydrogen-bond acceptors (Lipinski definition) is 1. The minimum atomic E-state index is -2.95. The Bertz CT molecular complexity index is 421. The highest BCUT2D eigenvalue weighted by molar-refractivity contribution is 6.76. The molecule has 0 saturated carbocycles. The van der Waals surface area contributed by atoms with Crippen LogP contribution in [0.3, 0.4) is 0 Å². The van der Waals surface area contributed by atoms with E-state index < -0.39 is 8.57 Å². The molecule has 0 fully saturated rings. The van der Waals surface area contributed by atoms with Crippen LogP contribution in [0.5, 0.6) is 0 Å². The summed E-state index contributed by atoms with van der Waals surface area (Å²) >= 11 is 0. The lowest BCUT2D eigenvalue weighted by Crippen LogP contribution is -2.42. The van der Waals surface area contributed by atoms with Crippen LogP contribution in [0, 0.1) is 32.6 Å². The number of benzene rings is 1. The topological polar surface area (TPSA) is 12.0 Å². The molecule has 0 aliphatic carbocycles. The number of anilines is 1. The lowest BCUT2D eigenvalue weighted by molar-refractivity contribution is 0.616. The molecule has 0 unspecified atom stereocenters. The predicted octanol–water partition coefficient (Wildman–Crippen LogP) is 5.75. The molecule has 0 heterocycles. The number of hydrogen-bond donors (Lipinski definition) is 1. The number of nitrogens with one attached hydrogen (secondary N) is 1. The first-order valence-corrected chi connectivity index (χ1v) is 9.97. The molecule has 0 aliphatic heterocycles. The summed E-state index contributed by atoms with van der Waals surface area (Å²) in [5.41, 5.74) is 4.57. The molecule has 1 aromatic carbocycles. The zero-order valence-corrected chi connectivity index (χ0v) is 15.1. The average Bonchev–Trinajstić information content (AvgIpc) is 2.20. The van der Waals surface area contributed by atoms with Crippen LogP contribution >= 0.6 is 0 Å². The Kier molecular flexibility index (Phi) is 5.81. The van der Waals surface area contributed by atoms with Crippen molar-refractivity contribution in [3.63, 3.8) is 0 Å². The molecular weight excluding hydrogens is 265 g/mol. The summed E-state index contributed by atoms with van der Waals surface area (Å²) in [5, 5.41) is 0. The second-order valence-electron chi connectivity index (χ2n) is 7.06. The summed E-state index contributed by atoms with van der Waals surface area (Å²) in [4.78, 5) is 3.35. The maximum absolute atomic E-state index is 15.5. The Balaban J connectivity index is 3.06. The standard InChI is InChI=1S/C17H30FNSi/c1-12(2)10-20(18,11-13(3)4)19-17-15(6)8-14(5)9-16(17)7/h8-9,12-13,19H,10-11H2,1-7H3. The van der Waals surface area contributed by atoms with Gasteiger partial charge in [-0.3, -0.25) is 4.11 Å². The normalized spacial score (nSPS) is 12.3. The first kappa shape index (κ1) is 17.2. The fourth-order valence-electron chi connectivity index (χ4n) is 3.08. The smallest absolute Gasteiger partial charge is 0.347 e. The van der Waals surface area contributed by atoms with Crippen LogP contribution in [0.4, 0.5) is 9.80 Å². The van der Waals surface area contributed by atoms with E-state index in [4.69, 9.17) is 0 Å². The highest BCUT2D eigenvalue weighted by Gasteiger charge is 2.37. The third-order valence-corrected chi connectivity index (χ3v) is 7.11. The van der Waals surface area contributed by atoms with Gasteiger partial charge in [-0.05, 0) is 55.8 Å². The second kappa shape index (κ2) is 6.75. The molecule has 1 rings (SSSR count). The molecule has 0 atom stereocenters. The molecule has 1 nitrogen and oxygen atoms in total. The fourth-order valence-corrected chi connectivity index (χ4v) is 6.88. The average molecular weight is 296 g/mol. The number of rotatable bonds is 6. The molecule has 20 heavy (non-hydrogen) atoms. The first-order chi connectivity index (χ1) is 9.13. The van der Waals surface area contributed by atoms with Crippen LogP contribution < -0.4 is 4.98 Å². The van der Waals surface area contributed by atoms with E-state index in [-0.39, 0.29) is 0 Å². The zero-order chi connectivity index (χ0) is 15.5. The van der Waals surface area contributed by atoms with Crippen LogP contribution in [0.1, 0.15) is 44.4 Å². The van der Waals surface area contributed by atoms with Crippen molar-refractivity contribution in [2.75, 3.05) is 4.98 Å². The van der Waals surface area contributed by atoms with Gasteiger partial charge in [-0.15, -0.1) is 0 Å². The molecule has 0 amide bonds. The third kappa shape index (κ3) is 4.93. The summed E-state index contributed by atoms with van der Waals surface area (Å²) < 4.78 is 15.5. The Morgan fingerprint density at radius 3 is 1.70 bits per heavy atom. The Morgan fingerprint density at radius 2 is 1.35 bits per heavy atom. The highest BCUT2D eigenvalue weighted by atomic mass is 28.4. The van der Waals surface area contributed by atoms with Crippen molar-refractivity contribution in [2.45, 2.75) is 60.6 Å². The van der Waals surface area contributed by atoms with Gasteiger partial charge in [0.1, 0.15) is 0 Å². The van der Waals surface area contributed by atoms with Crippen molar-refractivity contribution in [2.24, 2.45) is 11.8 Å². The summed E-state index contributed by atoms with van der Waals surface area (Å²) in [6, 6.07) is 5.62. The van der Waals surface area contributed by atoms with Gasteiger partial charge in [0.05, 0.1) is 0 Å². The lowest BCUT2D eigenvalue weighted by atomic mass is 10.1. The van der Waals surface area contributed by atoms with Gasteiger partial charge in [0.25, 0.3) is 0 Å². The molecule has 114 valence electrons. The van der Waals surface area contributed by atoms with Crippen molar-refractivity contribution >= 4 is 14.3 Å². The number of aryl methyl sites for hydroxylation is 3. The Hall–Kier alpha value is -0.833. The molecule has 0 aromatic heterocycles. The van der Waals surface area contributed by atoms with Gasteiger partial charge in [-0.1, -0.05) is 45.4 Å². The van der Waals surface area contributed by atoms with Gasteiger partial charge in [0.15, 0.2) is 0 Å². The quantitative estimate of drug-likeness (QED) is 0.520. The summed E-state index contributed by atoms with van der Waals surface area (Å²) in [5.74, 6) is 0.785. The molecule has 0 bridgehead atoms. The fraction of sp³-hybridized carbons (Fsp3) is 0.647. The van der Waals surface area contributed by atoms with Crippen LogP contribution in [0.25, 0.3) is 0 Å². The van der Waals surface area contributed by atoms with E-state index in [1.807, 2.05) is 0 Å². The molecule has 0 radical (unpaired) electrons. The molecule has 0 saturated heterocycles. The molecule has 0 spiro atoms. The van der Waals surface area contributed by atoms with Crippen LogP contribution in [0.15, 0.2) is 12.1 Å². The largest absolute Gasteiger partial charge is 0.386 e. The molecular formula is C17H30FNSi. The van der Waals surface area contributed by atoms with E-state index in [2.05, 4.69) is 65.6 Å². The van der Waals surface area contributed by atoms with Crippen LogP contribution in [-0.2, 0) is 0 Å². The number of halogens is 1. The summed E-state index contributed by atoms with van der Waals surface area (Å²) in [6.45, 7) is 14.7. The Labute approximate surface area is 125 Å². The minimum absolute atomic E-state index is 0.393. The minimum Gasteiger partial charge on any atom is -0.386 e. The van der Waals surface area contributed by atoms with E-state index in [0.717, 1.165) is 16.8 Å². The lowest BCUT2D eigenvalue weighted by Gasteiger charge is -2.29. The van der Waals surface area contributed by atoms with Crippen molar-refractivity contribution in [3.8, 4) is 0 Å². The van der Waals surface area contributed by atoms with Gasteiger partial charge in [0.2, 0.25) is 0 Å². The van der Waals surface area contributed by atoms with Crippen LogP contribution in [0.2, 0.25) is 12.1 Å². The maximum atomic E-state index is 15.5. The van der Waals surface area contributed by atoms with E-state index in [9.17, 15) is 0 Å². The van der Waals surface area contributed by atoms with Crippen molar-refractivity contribution in [3.05, 3.63) is 28.8 Å². The highest BCUT2D eigenvalue weighted by Crippen LogP contribution is 2.31. The maximum Gasteiger partial charge on any atom is 0.347 e. The van der Waals surface area contributed by atoms with Crippen molar-refractivity contribution < 1.29 is 4.11 Å².